The number of thiocarbonyl (C=S) groups is 1. The van der Waals surface area contributed by atoms with E-state index in [1.807, 2.05) is 31.0 Å². The summed E-state index contributed by atoms with van der Waals surface area (Å²) in [4.78, 5) is 17.0. The fourth-order valence-electron chi connectivity index (χ4n) is 1.28. The first kappa shape index (κ1) is 14.9. The average Bonchev–Trinajstić information content (AvgIpc) is 2.38. The molecule has 1 rings (SSSR count). The van der Waals surface area contributed by atoms with E-state index in [1.165, 1.54) is 18.9 Å². The van der Waals surface area contributed by atoms with Crippen molar-refractivity contribution < 1.29 is 9.53 Å². The molecule has 1 atom stereocenters. The quantitative estimate of drug-likeness (QED) is 0.625. The Morgan fingerprint density at radius 1 is 1.56 bits per heavy atom. The van der Waals surface area contributed by atoms with Crippen molar-refractivity contribution in [2.45, 2.75) is 18.6 Å². The van der Waals surface area contributed by atoms with Gasteiger partial charge in [0, 0.05) is 30.4 Å². The average molecular weight is 284 g/mol. The Hall–Kier alpha value is -1.14. The van der Waals surface area contributed by atoms with Gasteiger partial charge >= 0.3 is 5.97 Å². The SMILES string of the molecule is COC(=O)CC(C)SC(=S)N(C)c1ccncc1. The smallest absolute Gasteiger partial charge is 0.306 e. The number of carbonyl (C=O) groups excluding carboxylic acids is 1. The molecule has 0 aliphatic rings. The number of esters is 1. The summed E-state index contributed by atoms with van der Waals surface area (Å²) in [5.41, 5.74) is 0.979. The maximum Gasteiger partial charge on any atom is 0.306 e. The number of aromatic nitrogens is 1. The van der Waals surface area contributed by atoms with Crippen LogP contribution >= 0.6 is 24.0 Å². The lowest BCUT2D eigenvalue weighted by Gasteiger charge is -2.21. The second-order valence-corrected chi connectivity index (χ2v) is 5.81. The summed E-state index contributed by atoms with van der Waals surface area (Å²) < 4.78 is 5.35. The third-order valence-corrected chi connectivity index (χ3v) is 3.91. The van der Waals surface area contributed by atoms with Crippen LogP contribution in [0.1, 0.15) is 13.3 Å². The summed E-state index contributed by atoms with van der Waals surface area (Å²) in [5, 5.41) is 0.0919. The van der Waals surface area contributed by atoms with Crippen LogP contribution in [0.4, 0.5) is 5.69 Å². The van der Waals surface area contributed by atoms with Gasteiger partial charge in [0.1, 0.15) is 4.32 Å². The van der Waals surface area contributed by atoms with E-state index in [9.17, 15) is 4.79 Å². The molecule has 0 bridgehead atoms. The van der Waals surface area contributed by atoms with Crippen molar-refractivity contribution in [1.29, 1.82) is 0 Å². The van der Waals surface area contributed by atoms with Crippen molar-refractivity contribution in [2.75, 3.05) is 19.1 Å². The van der Waals surface area contributed by atoms with Crippen molar-refractivity contribution in [1.82, 2.24) is 4.98 Å². The molecule has 0 N–H and O–H groups in total. The number of methoxy groups -OCH3 is 1. The maximum absolute atomic E-state index is 11.1. The van der Waals surface area contributed by atoms with Gasteiger partial charge in [-0.15, -0.1) is 0 Å². The lowest BCUT2D eigenvalue weighted by molar-refractivity contribution is -0.140. The molecule has 0 spiro atoms. The highest BCUT2D eigenvalue weighted by atomic mass is 32.2. The Balaban J connectivity index is 2.53. The molecular weight excluding hydrogens is 268 g/mol. The zero-order valence-corrected chi connectivity index (χ0v) is 12.3. The summed E-state index contributed by atoms with van der Waals surface area (Å²) in [7, 11) is 3.29. The monoisotopic (exact) mass is 284 g/mol. The van der Waals surface area contributed by atoms with Crippen LogP contribution in [0.5, 0.6) is 0 Å². The summed E-state index contributed by atoms with van der Waals surface area (Å²) in [5.74, 6) is -0.218. The highest BCUT2D eigenvalue weighted by molar-refractivity contribution is 8.23. The Kier molecular flexibility index (Phi) is 6.07. The van der Waals surface area contributed by atoms with E-state index in [4.69, 9.17) is 12.2 Å². The largest absolute Gasteiger partial charge is 0.469 e. The number of hydrogen-bond donors (Lipinski definition) is 0. The molecule has 0 saturated carbocycles. The first-order chi connectivity index (χ1) is 8.54. The van der Waals surface area contributed by atoms with Gasteiger partial charge in [-0.2, -0.15) is 0 Å². The molecule has 18 heavy (non-hydrogen) atoms. The molecule has 0 fully saturated rings. The highest BCUT2D eigenvalue weighted by Crippen LogP contribution is 2.22. The second kappa shape index (κ2) is 7.33. The zero-order valence-electron chi connectivity index (χ0n) is 10.6. The Bertz CT molecular complexity index is 412. The van der Waals surface area contributed by atoms with Crippen LogP contribution in [0.3, 0.4) is 0 Å². The van der Waals surface area contributed by atoms with Crippen LogP contribution in [0.2, 0.25) is 0 Å². The molecule has 1 aromatic heterocycles. The van der Waals surface area contributed by atoms with Gasteiger partial charge in [0.25, 0.3) is 0 Å². The van der Waals surface area contributed by atoms with Crippen LogP contribution in [0.15, 0.2) is 24.5 Å². The molecule has 1 unspecified atom stereocenters. The number of hydrogen-bond acceptors (Lipinski definition) is 5. The fraction of sp³-hybridized carbons (Fsp3) is 0.417. The highest BCUT2D eigenvalue weighted by Gasteiger charge is 2.15. The van der Waals surface area contributed by atoms with E-state index in [1.54, 1.807) is 12.4 Å². The van der Waals surface area contributed by atoms with Crippen molar-refractivity contribution in [3.8, 4) is 0 Å². The summed E-state index contributed by atoms with van der Waals surface area (Å²) in [6.07, 6.45) is 3.79. The van der Waals surface area contributed by atoms with E-state index >= 15 is 0 Å². The van der Waals surface area contributed by atoms with E-state index in [-0.39, 0.29) is 11.2 Å². The molecule has 6 heteroatoms. The van der Waals surface area contributed by atoms with Crippen molar-refractivity contribution in [3.63, 3.8) is 0 Å². The molecule has 4 nitrogen and oxygen atoms in total. The molecule has 0 aliphatic heterocycles. The Morgan fingerprint density at radius 2 is 2.17 bits per heavy atom. The lowest BCUT2D eigenvalue weighted by atomic mass is 10.3. The molecule has 0 aromatic carbocycles. The lowest BCUT2D eigenvalue weighted by Crippen LogP contribution is -2.24. The predicted molar refractivity (Wildman–Crippen MR) is 78.9 cm³/mol. The molecule has 0 amide bonds. The number of rotatable bonds is 4. The number of ether oxygens (including phenoxy) is 1. The van der Waals surface area contributed by atoms with E-state index < -0.39 is 0 Å². The summed E-state index contributed by atoms with van der Waals surface area (Å²) >= 11 is 6.82. The van der Waals surface area contributed by atoms with Crippen molar-refractivity contribution in [3.05, 3.63) is 24.5 Å². The first-order valence-corrected chi connectivity index (χ1v) is 6.74. The standard InChI is InChI=1S/C12H16N2O2S2/c1-9(8-11(15)16-3)18-12(17)14(2)10-4-6-13-7-5-10/h4-7,9H,8H2,1-3H3. The minimum absolute atomic E-state index is 0.0919. The van der Waals surface area contributed by atoms with Crippen LogP contribution in [0.25, 0.3) is 0 Å². The van der Waals surface area contributed by atoms with Crippen molar-refractivity contribution >= 4 is 40.0 Å². The molecule has 98 valence electrons. The number of anilines is 1. The van der Waals surface area contributed by atoms with Gasteiger partial charge in [0.2, 0.25) is 0 Å². The Morgan fingerprint density at radius 3 is 2.72 bits per heavy atom. The number of thioether (sulfide) groups is 1. The molecular formula is C12H16N2O2S2. The van der Waals surface area contributed by atoms with Crippen LogP contribution in [-0.4, -0.2) is 34.7 Å². The van der Waals surface area contributed by atoms with Gasteiger partial charge in [-0.25, -0.2) is 0 Å². The molecule has 1 aromatic rings. The summed E-state index contributed by atoms with van der Waals surface area (Å²) in [6.45, 7) is 1.95. The van der Waals surface area contributed by atoms with Gasteiger partial charge in [-0.05, 0) is 12.1 Å². The second-order valence-electron chi connectivity index (χ2n) is 3.74. The van der Waals surface area contributed by atoms with Crippen LogP contribution < -0.4 is 4.90 Å². The molecule has 0 radical (unpaired) electrons. The van der Waals surface area contributed by atoms with Gasteiger partial charge < -0.3 is 9.64 Å². The first-order valence-electron chi connectivity index (χ1n) is 5.45. The maximum atomic E-state index is 11.1. The van der Waals surface area contributed by atoms with Gasteiger partial charge in [0.05, 0.1) is 13.5 Å². The van der Waals surface area contributed by atoms with Crippen molar-refractivity contribution in [2.24, 2.45) is 0 Å². The molecule has 0 saturated heterocycles. The fourth-order valence-corrected chi connectivity index (χ4v) is 2.71. The van der Waals surface area contributed by atoms with E-state index in [2.05, 4.69) is 9.72 Å². The normalized spacial score (nSPS) is 11.7. The number of pyridine rings is 1. The minimum Gasteiger partial charge on any atom is -0.469 e. The zero-order chi connectivity index (χ0) is 13.5. The third-order valence-electron chi connectivity index (χ3n) is 2.31. The van der Waals surface area contributed by atoms with Gasteiger partial charge in [-0.1, -0.05) is 30.9 Å². The predicted octanol–water partition coefficient (Wildman–Crippen LogP) is 2.49. The number of nitrogens with zero attached hydrogens (tertiary/aromatic N) is 2. The number of carbonyl (C=O) groups is 1. The summed E-state index contributed by atoms with van der Waals surface area (Å²) in [6, 6.07) is 3.77. The van der Waals surface area contributed by atoms with E-state index in [0.29, 0.717) is 6.42 Å². The molecule has 0 aliphatic carbocycles. The van der Waals surface area contributed by atoms with Gasteiger partial charge in [-0.3, -0.25) is 9.78 Å². The minimum atomic E-state index is -0.218. The van der Waals surface area contributed by atoms with Crippen LogP contribution in [-0.2, 0) is 9.53 Å². The third kappa shape index (κ3) is 4.62. The van der Waals surface area contributed by atoms with E-state index in [0.717, 1.165) is 10.0 Å². The Labute approximate surface area is 117 Å². The molecule has 1 heterocycles. The topological polar surface area (TPSA) is 42.4 Å². The van der Waals surface area contributed by atoms with Gasteiger partial charge in [0.15, 0.2) is 0 Å². The van der Waals surface area contributed by atoms with Crippen LogP contribution in [0, 0.1) is 0 Å².